The summed E-state index contributed by atoms with van der Waals surface area (Å²) in [7, 11) is -3.58. The van der Waals surface area contributed by atoms with Gasteiger partial charge in [-0.15, -0.1) is 0 Å². The van der Waals surface area contributed by atoms with Crippen molar-refractivity contribution in [3.63, 3.8) is 0 Å². The van der Waals surface area contributed by atoms with Crippen LogP contribution in [0.2, 0.25) is 5.02 Å². The zero-order valence-electron chi connectivity index (χ0n) is 24.5. The number of hydroxylamine groups is 1. The maximum absolute atomic E-state index is 14.3. The van der Waals surface area contributed by atoms with Gasteiger partial charge in [-0.05, 0) is 59.9 Å². The minimum atomic E-state index is -3.58. The van der Waals surface area contributed by atoms with Gasteiger partial charge in [0.2, 0.25) is 10.0 Å². The molecule has 2 aliphatic rings. The summed E-state index contributed by atoms with van der Waals surface area (Å²) in [5, 5.41) is 9.37. The van der Waals surface area contributed by atoms with Gasteiger partial charge in [0.15, 0.2) is 6.61 Å². The average molecular weight is 656 g/mol. The normalized spacial score (nSPS) is 21.6. The quantitative estimate of drug-likeness (QED) is 0.260. The molecule has 1 heterocycles. The number of carbonyl (C=O) groups is 3. The molecular weight excluding hydrogens is 622 g/mol. The molecule has 0 aromatic heterocycles. The monoisotopic (exact) mass is 655 g/mol. The van der Waals surface area contributed by atoms with Crippen LogP contribution in [0.15, 0.2) is 72.8 Å². The number of sulfonamides is 1. The molecule has 11 nitrogen and oxygen atoms in total. The molecule has 0 bridgehead atoms. The predicted molar refractivity (Wildman–Crippen MR) is 166 cm³/mol. The molecule has 0 spiro atoms. The third-order valence-corrected chi connectivity index (χ3v) is 8.98. The summed E-state index contributed by atoms with van der Waals surface area (Å²) in [6.45, 7) is -0.535. The highest BCUT2D eigenvalue weighted by molar-refractivity contribution is 7.88. The average Bonchev–Trinajstić information content (AvgIpc) is 3.00. The highest BCUT2D eigenvalue weighted by Gasteiger charge is 2.49. The van der Waals surface area contributed by atoms with Crippen molar-refractivity contribution in [1.29, 1.82) is 0 Å². The Labute approximate surface area is 266 Å². The number of amides is 2. The Morgan fingerprint density at radius 1 is 1.02 bits per heavy atom. The van der Waals surface area contributed by atoms with Crippen molar-refractivity contribution in [1.82, 2.24) is 15.1 Å². The lowest BCUT2D eigenvalue weighted by atomic mass is 9.76. The zero-order chi connectivity index (χ0) is 32.1. The third kappa shape index (κ3) is 7.82. The molecule has 45 heavy (non-hydrogen) atoms. The molecule has 1 saturated carbocycles. The summed E-state index contributed by atoms with van der Waals surface area (Å²) < 4.78 is 32.7. The first-order valence-electron chi connectivity index (χ1n) is 14.5. The second-order valence-corrected chi connectivity index (χ2v) is 13.4. The summed E-state index contributed by atoms with van der Waals surface area (Å²) in [6, 6.07) is 18.6. The Morgan fingerprint density at radius 2 is 1.76 bits per heavy atom. The molecular formula is C32H34ClN3O8S. The molecule has 1 aliphatic carbocycles. The fourth-order valence-corrected chi connectivity index (χ4v) is 7.15. The number of carbonyl (C=O) groups excluding carboxylic acids is 2. The van der Waals surface area contributed by atoms with E-state index < -0.39 is 52.6 Å². The minimum Gasteiger partial charge on any atom is -0.482 e. The van der Waals surface area contributed by atoms with Crippen molar-refractivity contribution in [2.45, 2.75) is 56.3 Å². The van der Waals surface area contributed by atoms with E-state index in [4.69, 9.17) is 26.3 Å². The molecule has 5 rings (SSSR count). The van der Waals surface area contributed by atoms with E-state index in [-0.39, 0.29) is 12.5 Å². The van der Waals surface area contributed by atoms with Crippen molar-refractivity contribution < 1.29 is 37.5 Å². The van der Waals surface area contributed by atoms with Gasteiger partial charge < -0.3 is 14.7 Å². The number of nitrogens with zero attached hydrogens (tertiary/aromatic N) is 1. The second kappa shape index (κ2) is 14.0. The first-order valence-corrected chi connectivity index (χ1v) is 16.8. The SMILES string of the molecule is CS(=O)(=O)N[C@H]1CCCC[C@@H]1N1C(=O)c2ccccc2[C@@H](C(=O)NOCc2cccc(OCC(=O)O)c2)[C@@H]1c1ccc(Cl)cc1. The van der Waals surface area contributed by atoms with E-state index in [9.17, 15) is 22.8 Å². The molecule has 2 amide bonds. The molecule has 3 aromatic carbocycles. The van der Waals surface area contributed by atoms with Crippen LogP contribution in [0.5, 0.6) is 5.75 Å². The van der Waals surface area contributed by atoms with Gasteiger partial charge in [-0.2, -0.15) is 0 Å². The van der Waals surface area contributed by atoms with Crippen LogP contribution < -0.4 is 14.9 Å². The number of halogens is 1. The summed E-state index contributed by atoms with van der Waals surface area (Å²) >= 11 is 6.22. The third-order valence-electron chi connectivity index (χ3n) is 7.99. The summed E-state index contributed by atoms with van der Waals surface area (Å²) in [6.07, 6.45) is 3.79. The molecule has 0 unspecified atom stereocenters. The molecule has 1 aliphatic heterocycles. The number of benzene rings is 3. The Morgan fingerprint density at radius 3 is 2.49 bits per heavy atom. The lowest BCUT2D eigenvalue weighted by molar-refractivity contribution is -0.139. The fourth-order valence-electron chi connectivity index (χ4n) is 6.19. The number of aliphatic carboxylic acids is 1. The van der Waals surface area contributed by atoms with Crippen LogP contribution in [0.4, 0.5) is 0 Å². The topological polar surface area (TPSA) is 151 Å². The van der Waals surface area contributed by atoms with Crippen molar-refractivity contribution in [3.8, 4) is 5.75 Å². The predicted octanol–water partition coefficient (Wildman–Crippen LogP) is 4.19. The standard InChI is InChI=1S/C32H34ClN3O8S/c1-45(41,42)35-26-11-4-5-12-27(26)36-30(21-13-15-22(33)16-14-21)29(24-9-2-3-10-25(24)32(36)40)31(39)34-44-18-20-7-6-8-23(17-20)43-19-28(37)38/h2-3,6-10,13-17,26-27,29-30,35H,4-5,11-12,18-19H2,1H3,(H,34,39)(H,37,38)/t26-,27-,29+,30-/m0/s1. The van der Waals surface area contributed by atoms with E-state index in [0.29, 0.717) is 45.9 Å². The molecule has 13 heteroatoms. The van der Waals surface area contributed by atoms with Crippen molar-refractivity contribution in [2.24, 2.45) is 0 Å². The van der Waals surface area contributed by atoms with Crippen LogP contribution >= 0.6 is 11.6 Å². The summed E-state index contributed by atoms with van der Waals surface area (Å²) in [4.78, 5) is 46.5. The Hall–Kier alpha value is -3.97. The Kier molecular flexibility index (Phi) is 10.1. The largest absolute Gasteiger partial charge is 0.482 e. The van der Waals surface area contributed by atoms with Crippen LogP contribution in [-0.4, -0.2) is 61.2 Å². The Bertz CT molecular complexity index is 1670. The number of carboxylic acid groups (broad SMARTS) is 1. The van der Waals surface area contributed by atoms with Crippen LogP contribution in [0.3, 0.4) is 0 Å². The van der Waals surface area contributed by atoms with Gasteiger partial charge in [-0.25, -0.2) is 23.4 Å². The molecule has 238 valence electrons. The number of ether oxygens (including phenoxy) is 1. The van der Waals surface area contributed by atoms with Gasteiger partial charge in [0.05, 0.1) is 24.8 Å². The number of nitrogens with one attached hydrogen (secondary N) is 2. The molecule has 4 atom stereocenters. The molecule has 1 fully saturated rings. The van der Waals surface area contributed by atoms with Crippen LogP contribution in [-0.2, 0) is 31.1 Å². The fraction of sp³-hybridized carbons (Fsp3) is 0.344. The van der Waals surface area contributed by atoms with Gasteiger partial charge in [0.25, 0.3) is 11.8 Å². The summed E-state index contributed by atoms with van der Waals surface area (Å²) in [5.41, 5.74) is 4.73. The number of hydrogen-bond acceptors (Lipinski definition) is 7. The van der Waals surface area contributed by atoms with Crippen molar-refractivity contribution in [3.05, 3.63) is 100 Å². The van der Waals surface area contributed by atoms with E-state index in [1.807, 2.05) is 0 Å². The zero-order valence-corrected chi connectivity index (χ0v) is 26.1. The van der Waals surface area contributed by atoms with Gasteiger partial charge in [0.1, 0.15) is 5.75 Å². The van der Waals surface area contributed by atoms with Gasteiger partial charge >= 0.3 is 5.97 Å². The maximum atomic E-state index is 14.3. The first kappa shape index (κ1) is 32.4. The first-order chi connectivity index (χ1) is 21.5. The van der Waals surface area contributed by atoms with Gasteiger partial charge in [-0.1, -0.05) is 66.9 Å². The van der Waals surface area contributed by atoms with Crippen molar-refractivity contribution >= 4 is 39.4 Å². The van der Waals surface area contributed by atoms with E-state index >= 15 is 0 Å². The van der Waals surface area contributed by atoms with E-state index in [1.54, 1.807) is 77.7 Å². The Balaban J connectivity index is 1.48. The van der Waals surface area contributed by atoms with Gasteiger partial charge in [-0.3, -0.25) is 14.4 Å². The minimum absolute atomic E-state index is 0.0401. The number of rotatable bonds is 11. The number of hydrogen-bond donors (Lipinski definition) is 3. The smallest absolute Gasteiger partial charge is 0.341 e. The van der Waals surface area contributed by atoms with Gasteiger partial charge in [0, 0.05) is 22.7 Å². The summed E-state index contributed by atoms with van der Waals surface area (Å²) in [5.74, 6) is -2.47. The number of fused-ring (bicyclic) bond motifs is 1. The maximum Gasteiger partial charge on any atom is 0.341 e. The van der Waals surface area contributed by atoms with E-state index in [2.05, 4.69) is 10.2 Å². The van der Waals surface area contributed by atoms with Crippen LogP contribution in [0.1, 0.15) is 64.7 Å². The van der Waals surface area contributed by atoms with Crippen LogP contribution in [0.25, 0.3) is 0 Å². The highest BCUT2D eigenvalue weighted by atomic mass is 35.5. The molecule has 0 radical (unpaired) electrons. The molecule has 0 saturated heterocycles. The lowest BCUT2D eigenvalue weighted by Crippen LogP contribution is -2.59. The van der Waals surface area contributed by atoms with E-state index in [1.165, 1.54) is 0 Å². The second-order valence-electron chi connectivity index (χ2n) is 11.2. The molecule has 3 aromatic rings. The van der Waals surface area contributed by atoms with E-state index in [0.717, 1.165) is 19.1 Å². The highest BCUT2D eigenvalue weighted by Crippen LogP contribution is 2.46. The molecule has 3 N–H and O–H groups in total. The number of carboxylic acids is 1. The van der Waals surface area contributed by atoms with Crippen LogP contribution in [0, 0.1) is 0 Å². The van der Waals surface area contributed by atoms with Crippen molar-refractivity contribution in [2.75, 3.05) is 12.9 Å². The lowest BCUT2D eigenvalue weighted by Gasteiger charge is -2.49.